The molecule has 2 aromatic rings. The van der Waals surface area contributed by atoms with Gasteiger partial charge in [-0.25, -0.2) is 0 Å². The molecule has 0 radical (unpaired) electrons. The molecule has 1 amide bonds. The van der Waals surface area contributed by atoms with E-state index in [1.54, 1.807) is 22.9 Å². The molecule has 6 heteroatoms. The normalized spacial score (nSPS) is 10.6. The minimum absolute atomic E-state index is 0.0794. The van der Waals surface area contributed by atoms with Gasteiger partial charge in [0.15, 0.2) is 0 Å². The lowest BCUT2D eigenvalue weighted by Gasteiger charge is -2.06. The van der Waals surface area contributed by atoms with Gasteiger partial charge in [-0.1, -0.05) is 17.7 Å². The lowest BCUT2D eigenvalue weighted by Crippen LogP contribution is -2.29. The first-order chi connectivity index (χ1) is 9.06. The van der Waals surface area contributed by atoms with Gasteiger partial charge in [0, 0.05) is 23.3 Å². The minimum Gasteiger partial charge on any atom is -0.481 e. The highest BCUT2D eigenvalue weighted by atomic mass is 35.5. The van der Waals surface area contributed by atoms with Crippen LogP contribution in [-0.2, 0) is 16.1 Å². The molecule has 0 saturated carbocycles. The molecular weight excluding hydrogens is 268 g/mol. The zero-order valence-electron chi connectivity index (χ0n) is 10.1. The van der Waals surface area contributed by atoms with Crippen LogP contribution in [0.1, 0.15) is 6.42 Å². The van der Waals surface area contributed by atoms with Crippen molar-refractivity contribution in [2.24, 2.45) is 0 Å². The van der Waals surface area contributed by atoms with Gasteiger partial charge in [0.25, 0.3) is 0 Å². The lowest BCUT2D eigenvalue weighted by atomic mass is 10.2. The van der Waals surface area contributed by atoms with Gasteiger partial charge in [-0.15, -0.1) is 0 Å². The standard InChI is InChI=1S/C13H13ClN2O3/c14-10-2-1-9-4-6-16(11(9)7-10)8-12(17)15-5-3-13(18)19/h1-2,4,6-7H,3,5,8H2,(H,15,17)(H,18,19). The molecule has 0 fully saturated rings. The second kappa shape index (κ2) is 5.75. The maximum Gasteiger partial charge on any atom is 0.305 e. The minimum atomic E-state index is -0.932. The van der Waals surface area contributed by atoms with Crippen molar-refractivity contribution in [3.05, 3.63) is 35.5 Å². The van der Waals surface area contributed by atoms with Gasteiger partial charge in [0.2, 0.25) is 5.91 Å². The smallest absolute Gasteiger partial charge is 0.305 e. The van der Waals surface area contributed by atoms with Crippen LogP contribution in [0.15, 0.2) is 30.5 Å². The average Bonchev–Trinajstić information content (AvgIpc) is 2.71. The molecule has 0 aliphatic carbocycles. The fourth-order valence-corrected chi connectivity index (χ4v) is 1.98. The van der Waals surface area contributed by atoms with Crippen LogP contribution < -0.4 is 5.32 Å². The Morgan fingerprint density at radius 1 is 1.32 bits per heavy atom. The number of fused-ring (bicyclic) bond motifs is 1. The summed E-state index contributed by atoms with van der Waals surface area (Å²) in [7, 11) is 0. The zero-order valence-corrected chi connectivity index (χ0v) is 10.9. The number of aromatic nitrogens is 1. The van der Waals surface area contributed by atoms with Crippen LogP contribution in [-0.4, -0.2) is 28.1 Å². The van der Waals surface area contributed by atoms with Crippen LogP contribution in [0, 0.1) is 0 Å². The maximum atomic E-state index is 11.7. The molecular formula is C13H13ClN2O3. The van der Waals surface area contributed by atoms with Crippen LogP contribution in [0.25, 0.3) is 10.9 Å². The Bertz CT molecular complexity index is 621. The number of halogens is 1. The maximum absolute atomic E-state index is 11.7. The number of carbonyl (C=O) groups is 2. The van der Waals surface area contributed by atoms with Gasteiger partial charge in [-0.3, -0.25) is 9.59 Å². The Morgan fingerprint density at radius 2 is 2.11 bits per heavy atom. The number of amides is 1. The summed E-state index contributed by atoms with van der Waals surface area (Å²) < 4.78 is 1.78. The van der Waals surface area contributed by atoms with Gasteiger partial charge >= 0.3 is 5.97 Å². The second-order valence-corrected chi connectivity index (χ2v) is 4.58. The molecule has 2 rings (SSSR count). The Morgan fingerprint density at radius 3 is 2.84 bits per heavy atom. The van der Waals surface area contributed by atoms with Crippen LogP contribution in [0.4, 0.5) is 0 Å². The van der Waals surface area contributed by atoms with E-state index >= 15 is 0 Å². The van der Waals surface area contributed by atoms with Crippen molar-refractivity contribution in [1.29, 1.82) is 0 Å². The number of hydrogen-bond acceptors (Lipinski definition) is 2. The third kappa shape index (κ3) is 3.48. The number of benzene rings is 1. The van der Waals surface area contributed by atoms with E-state index in [0.717, 1.165) is 10.9 Å². The first kappa shape index (κ1) is 13.4. The van der Waals surface area contributed by atoms with Crippen LogP contribution in [0.2, 0.25) is 5.02 Å². The molecule has 0 atom stereocenters. The number of hydrogen-bond donors (Lipinski definition) is 2. The number of carbonyl (C=O) groups excluding carboxylic acids is 1. The second-order valence-electron chi connectivity index (χ2n) is 4.14. The summed E-state index contributed by atoms with van der Waals surface area (Å²) in [6.45, 7) is 0.275. The van der Waals surface area contributed by atoms with Crippen LogP contribution in [0.3, 0.4) is 0 Å². The quantitative estimate of drug-likeness (QED) is 0.878. The zero-order chi connectivity index (χ0) is 13.8. The molecule has 19 heavy (non-hydrogen) atoms. The summed E-state index contributed by atoms with van der Waals surface area (Å²) in [6, 6.07) is 7.37. The summed E-state index contributed by atoms with van der Waals surface area (Å²) >= 11 is 5.92. The Labute approximate surface area is 114 Å². The van der Waals surface area contributed by atoms with E-state index in [1.165, 1.54) is 0 Å². The fraction of sp³-hybridized carbons (Fsp3) is 0.231. The summed E-state index contributed by atoms with van der Waals surface area (Å²) in [5.74, 6) is -1.16. The van der Waals surface area contributed by atoms with Gasteiger partial charge < -0.3 is 15.0 Å². The van der Waals surface area contributed by atoms with Crippen molar-refractivity contribution in [2.75, 3.05) is 6.54 Å². The van der Waals surface area contributed by atoms with Gasteiger partial charge in [0.1, 0.15) is 6.54 Å². The summed E-state index contributed by atoms with van der Waals surface area (Å²) in [5, 5.41) is 12.7. The predicted octanol–water partition coefficient (Wildman–Crippen LogP) is 1.89. The third-order valence-electron chi connectivity index (χ3n) is 2.71. The van der Waals surface area contributed by atoms with E-state index in [-0.39, 0.29) is 25.4 Å². The fourth-order valence-electron chi connectivity index (χ4n) is 1.81. The van der Waals surface area contributed by atoms with Crippen molar-refractivity contribution in [3.63, 3.8) is 0 Å². The highest BCUT2D eigenvalue weighted by Crippen LogP contribution is 2.20. The third-order valence-corrected chi connectivity index (χ3v) is 2.95. The van der Waals surface area contributed by atoms with Crippen LogP contribution in [0.5, 0.6) is 0 Å². The molecule has 1 aromatic carbocycles. The number of carboxylic acids is 1. The molecule has 0 spiro atoms. The van der Waals surface area contributed by atoms with Gasteiger partial charge in [-0.05, 0) is 23.6 Å². The molecule has 1 aromatic heterocycles. The Kier molecular flexibility index (Phi) is 4.06. The highest BCUT2D eigenvalue weighted by Gasteiger charge is 2.07. The SMILES string of the molecule is O=C(O)CCNC(=O)Cn1ccc2ccc(Cl)cc21. The molecule has 0 saturated heterocycles. The van der Waals surface area contributed by atoms with Crippen molar-refractivity contribution in [3.8, 4) is 0 Å². The summed E-state index contributed by atoms with van der Waals surface area (Å²) in [4.78, 5) is 22.0. The van der Waals surface area contributed by atoms with Crippen molar-refractivity contribution in [1.82, 2.24) is 9.88 Å². The van der Waals surface area contributed by atoms with Crippen molar-refractivity contribution in [2.45, 2.75) is 13.0 Å². The number of nitrogens with one attached hydrogen (secondary N) is 1. The molecule has 100 valence electrons. The molecule has 0 aliphatic rings. The number of nitrogens with zero attached hydrogens (tertiary/aromatic N) is 1. The predicted molar refractivity (Wildman–Crippen MR) is 72.2 cm³/mol. The molecule has 0 unspecified atom stereocenters. The van der Waals surface area contributed by atoms with E-state index in [0.29, 0.717) is 5.02 Å². The van der Waals surface area contributed by atoms with Crippen molar-refractivity contribution >= 4 is 34.4 Å². The Balaban J connectivity index is 2.02. The molecule has 2 N–H and O–H groups in total. The van der Waals surface area contributed by atoms with Gasteiger partial charge in [0.05, 0.1) is 6.42 Å². The Hall–Kier alpha value is -2.01. The summed E-state index contributed by atoms with van der Waals surface area (Å²) in [6.07, 6.45) is 1.72. The van der Waals surface area contributed by atoms with Crippen LogP contribution >= 0.6 is 11.6 Å². The van der Waals surface area contributed by atoms with Gasteiger partial charge in [-0.2, -0.15) is 0 Å². The molecule has 1 heterocycles. The molecule has 5 nitrogen and oxygen atoms in total. The monoisotopic (exact) mass is 280 g/mol. The van der Waals surface area contributed by atoms with Crippen molar-refractivity contribution < 1.29 is 14.7 Å². The average molecular weight is 281 g/mol. The first-order valence-corrected chi connectivity index (χ1v) is 6.17. The summed E-state index contributed by atoms with van der Waals surface area (Å²) in [5.41, 5.74) is 0.876. The molecule has 0 aliphatic heterocycles. The van der Waals surface area contributed by atoms with E-state index in [9.17, 15) is 9.59 Å². The number of carboxylic acid groups (broad SMARTS) is 1. The van der Waals surface area contributed by atoms with E-state index in [2.05, 4.69) is 5.32 Å². The highest BCUT2D eigenvalue weighted by molar-refractivity contribution is 6.31. The van der Waals surface area contributed by atoms with E-state index < -0.39 is 5.97 Å². The first-order valence-electron chi connectivity index (χ1n) is 5.79. The van der Waals surface area contributed by atoms with E-state index in [4.69, 9.17) is 16.7 Å². The largest absolute Gasteiger partial charge is 0.481 e. The topological polar surface area (TPSA) is 71.3 Å². The number of aliphatic carboxylic acids is 1. The van der Waals surface area contributed by atoms with E-state index in [1.807, 2.05) is 12.1 Å². The molecule has 0 bridgehead atoms. The lowest BCUT2D eigenvalue weighted by molar-refractivity contribution is -0.136. The number of rotatable bonds is 5.